The number of nitrogens with zero attached hydrogens (tertiary/aromatic N) is 13. The van der Waals surface area contributed by atoms with Gasteiger partial charge >= 0.3 is 0 Å². The lowest BCUT2D eigenvalue weighted by Gasteiger charge is -2.18. The van der Waals surface area contributed by atoms with Gasteiger partial charge in [0.1, 0.15) is 71.8 Å². The Hall–Kier alpha value is -10.6. The molecule has 0 aliphatic carbocycles. The minimum absolute atomic E-state index is 0.117. The standard InChI is InChI=1S/C31H27F2N7O2.C29H23FN8O3/c1-16(2)42-23-10-9-20(13-22(23)33)28-26-29(34)35-15-36-30(26)40(38-28)18(4)27-25(19-6-5-7-21(32)12-19)31(41)39-14-17(3)8-11-24(39)37-27;1-15-4-3-5-17(10-15)22-24(35-21-7-6-19(30)13-37(21)29(22)39)16(2)38-27-23(26(31)33-14-34-27)25(36-38)18-11-20-28(32-12-18)41-9-8-40-20/h5-16,18H,1-4H3,(H2,34,35,36);3-7,10-14,16H,8-9H2,1-2H3,(H2,31,33,34). The smallest absolute Gasteiger partial charge is 0.266 e. The lowest BCUT2D eigenvalue weighted by atomic mass is 10.00. The quantitative estimate of drug-likeness (QED) is 0.129. The van der Waals surface area contributed by atoms with E-state index in [1.807, 2.05) is 71.9 Å². The van der Waals surface area contributed by atoms with Crippen LogP contribution in [-0.4, -0.2) is 82.6 Å². The van der Waals surface area contributed by atoms with Crippen molar-refractivity contribution in [3.63, 3.8) is 0 Å². The molecule has 20 nitrogen and oxygen atoms in total. The first kappa shape index (κ1) is 53.1. The zero-order valence-corrected chi connectivity index (χ0v) is 45.4. The van der Waals surface area contributed by atoms with Gasteiger partial charge in [-0.3, -0.25) is 18.4 Å². The number of nitrogens with two attached hydrogens (primary N) is 2. The molecule has 0 saturated heterocycles. The molecule has 3 aromatic carbocycles. The molecule has 2 atom stereocenters. The molecule has 0 bridgehead atoms. The maximum atomic E-state index is 15.0. The topological polar surface area (TPSA) is 249 Å². The summed E-state index contributed by atoms with van der Waals surface area (Å²) in [6.07, 6.45) is 6.93. The number of benzene rings is 3. The first-order chi connectivity index (χ1) is 40.0. The number of hydrogen-bond acceptors (Lipinski definition) is 16. The number of ether oxygens (including phenoxy) is 3. The average molecular weight is 1120 g/mol. The summed E-state index contributed by atoms with van der Waals surface area (Å²) in [5, 5.41) is 10.7. The molecular weight excluding hydrogens is 1070 g/mol. The van der Waals surface area contributed by atoms with Crippen LogP contribution in [-0.2, 0) is 0 Å². The van der Waals surface area contributed by atoms with E-state index in [4.69, 9.17) is 45.8 Å². The van der Waals surface area contributed by atoms with Gasteiger partial charge in [-0.15, -0.1) is 0 Å². The van der Waals surface area contributed by atoms with Crippen molar-refractivity contribution in [1.29, 1.82) is 0 Å². The number of anilines is 2. The van der Waals surface area contributed by atoms with Crippen molar-refractivity contribution < 1.29 is 27.4 Å². The maximum absolute atomic E-state index is 15.0. The summed E-state index contributed by atoms with van der Waals surface area (Å²) < 4.78 is 66.3. The highest BCUT2D eigenvalue weighted by Crippen LogP contribution is 2.40. The summed E-state index contributed by atoms with van der Waals surface area (Å²) in [7, 11) is 0. The van der Waals surface area contributed by atoms with E-state index in [0.29, 0.717) is 109 Å². The van der Waals surface area contributed by atoms with Gasteiger partial charge in [0.15, 0.2) is 28.6 Å². The average Bonchev–Trinajstić information content (AvgIpc) is 3.61. The molecule has 1 aliphatic rings. The fourth-order valence-corrected chi connectivity index (χ4v) is 10.2. The Morgan fingerprint density at radius 3 is 1.78 bits per heavy atom. The fourth-order valence-electron chi connectivity index (χ4n) is 10.2. The SMILES string of the molecule is Cc1ccc2nc(C(C)n3nc(-c4ccc(OC(C)C)c(F)c4)c4c(N)ncnc43)c(-c3cccc(F)c3)c(=O)n2c1.Cc1cccc(-c2c(C(C)n3nc(-c4cnc5c(c4)OCCO5)c4c(N)ncnc43)nc3ccc(F)cn3c2=O)c1. The molecule has 0 saturated carbocycles. The van der Waals surface area contributed by atoms with E-state index in [2.05, 4.69) is 24.9 Å². The molecule has 416 valence electrons. The normalized spacial score (nSPS) is 12.9. The van der Waals surface area contributed by atoms with Crippen LogP contribution in [0.25, 0.3) is 78.1 Å². The van der Waals surface area contributed by atoms with Crippen molar-refractivity contribution in [1.82, 2.24) is 63.3 Å². The molecule has 0 fully saturated rings. The first-order valence-corrected chi connectivity index (χ1v) is 26.3. The van der Waals surface area contributed by atoms with E-state index in [0.717, 1.165) is 17.3 Å². The molecule has 13 rings (SSSR count). The van der Waals surface area contributed by atoms with Crippen molar-refractivity contribution in [2.75, 3.05) is 24.7 Å². The molecule has 0 amide bonds. The molecule has 2 unspecified atom stereocenters. The first-order valence-electron chi connectivity index (χ1n) is 26.3. The van der Waals surface area contributed by atoms with E-state index in [9.17, 15) is 18.4 Å². The van der Waals surface area contributed by atoms with Gasteiger partial charge < -0.3 is 25.7 Å². The van der Waals surface area contributed by atoms with Crippen LogP contribution >= 0.6 is 0 Å². The van der Waals surface area contributed by atoms with Gasteiger partial charge in [0.05, 0.1) is 51.5 Å². The minimum atomic E-state index is -0.679. The Kier molecular flexibility index (Phi) is 13.5. The number of fused-ring (bicyclic) bond motifs is 5. The monoisotopic (exact) mass is 1120 g/mol. The van der Waals surface area contributed by atoms with E-state index in [1.54, 1.807) is 52.1 Å². The number of aromatic nitrogens is 13. The number of hydrogen-bond donors (Lipinski definition) is 2. The van der Waals surface area contributed by atoms with Crippen LogP contribution in [0.15, 0.2) is 138 Å². The molecule has 23 heteroatoms. The van der Waals surface area contributed by atoms with Gasteiger partial charge in [-0.1, -0.05) is 48.0 Å². The zero-order chi connectivity index (χ0) is 58.0. The number of aryl methyl sites for hydroxylation is 2. The zero-order valence-electron chi connectivity index (χ0n) is 45.4. The second kappa shape index (κ2) is 21.1. The highest BCUT2D eigenvalue weighted by atomic mass is 19.1. The van der Waals surface area contributed by atoms with Gasteiger partial charge in [-0.2, -0.15) is 10.2 Å². The Morgan fingerprint density at radius 1 is 0.578 bits per heavy atom. The van der Waals surface area contributed by atoms with Crippen LogP contribution in [0.4, 0.5) is 24.8 Å². The van der Waals surface area contributed by atoms with Crippen LogP contribution in [0.3, 0.4) is 0 Å². The van der Waals surface area contributed by atoms with Crippen molar-refractivity contribution in [2.45, 2.75) is 59.7 Å². The Bertz CT molecular complexity index is 4700. The summed E-state index contributed by atoms with van der Waals surface area (Å²) in [6, 6.07) is 24.8. The minimum Gasteiger partial charge on any atom is -0.488 e. The fraction of sp³-hybridized carbons (Fsp3) is 0.183. The number of nitrogen functional groups attached to an aromatic ring is 2. The molecule has 83 heavy (non-hydrogen) atoms. The highest BCUT2D eigenvalue weighted by Gasteiger charge is 2.30. The third-order valence-electron chi connectivity index (χ3n) is 14.0. The summed E-state index contributed by atoms with van der Waals surface area (Å²) in [6.45, 7) is 11.9. The van der Waals surface area contributed by atoms with E-state index < -0.39 is 35.1 Å². The molecule has 4 N–H and O–H groups in total. The van der Waals surface area contributed by atoms with Gasteiger partial charge in [-0.05, 0) is 113 Å². The maximum Gasteiger partial charge on any atom is 0.266 e. The van der Waals surface area contributed by atoms with Crippen molar-refractivity contribution >= 4 is 45.0 Å². The predicted octanol–water partition coefficient (Wildman–Crippen LogP) is 9.71. The molecule has 12 aromatic rings. The lowest BCUT2D eigenvalue weighted by Crippen LogP contribution is -2.23. The molecule has 0 spiro atoms. The van der Waals surface area contributed by atoms with Gasteiger partial charge in [0.25, 0.3) is 17.0 Å². The number of rotatable bonds is 10. The van der Waals surface area contributed by atoms with Crippen LogP contribution in [0.2, 0.25) is 0 Å². The van der Waals surface area contributed by atoms with Crippen LogP contribution in [0.5, 0.6) is 17.4 Å². The second-order valence-electron chi connectivity index (χ2n) is 20.1. The number of pyridine rings is 3. The van der Waals surface area contributed by atoms with E-state index >= 15 is 4.39 Å². The van der Waals surface area contributed by atoms with Crippen molar-refractivity contribution in [3.05, 3.63) is 189 Å². The molecule has 1 aliphatic heterocycles. The van der Waals surface area contributed by atoms with E-state index in [1.165, 1.54) is 57.9 Å². The Labute approximate surface area is 469 Å². The summed E-state index contributed by atoms with van der Waals surface area (Å²) in [5.41, 5.74) is 19.6. The Balaban J connectivity index is 0.000000164. The summed E-state index contributed by atoms with van der Waals surface area (Å²) in [4.78, 5) is 59.2. The predicted molar refractivity (Wildman–Crippen MR) is 306 cm³/mol. The lowest BCUT2D eigenvalue weighted by molar-refractivity contribution is 0.164. The highest BCUT2D eigenvalue weighted by molar-refractivity contribution is 5.99. The molecule has 9 aromatic heterocycles. The van der Waals surface area contributed by atoms with Gasteiger partial charge in [-0.25, -0.2) is 57.4 Å². The van der Waals surface area contributed by atoms with Gasteiger partial charge in [0.2, 0.25) is 0 Å². The molecule has 10 heterocycles. The third-order valence-corrected chi connectivity index (χ3v) is 14.0. The largest absolute Gasteiger partial charge is 0.488 e. The summed E-state index contributed by atoms with van der Waals surface area (Å²) >= 11 is 0. The molecule has 0 radical (unpaired) electrons. The van der Waals surface area contributed by atoms with Crippen LogP contribution in [0, 0.1) is 31.3 Å². The Morgan fingerprint density at radius 2 is 1.17 bits per heavy atom. The third kappa shape index (κ3) is 9.69. The van der Waals surface area contributed by atoms with Crippen LogP contribution in [0.1, 0.15) is 62.3 Å². The van der Waals surface area contributed by atoms with Crippen molar-refractivity contribution in [3.8, 4) is 62.1 Å². The van der Waals surface area contributed by atoms with Gasteiger partial charge in [0, 0.05) is 29.7 Å². The van der Waals surface area contributed by atoms with Crippen molar-refractivity contribution in [2.24, 2.45) is 0 Å². The summed E-state index contributed by atoms with van der Waals surface area (Å²) in [5.74, 6) is -0.173. The van der Waals surface area contributed by atoms with Crippen LogP contribution < -0.4 is 36.8 Å². The number of halogens is 3. The van der Waals surface area contributed by atoms with E-state index in [-0.39, 0.29) is 34.6 Å². The second-order valence-corrected chi connectivity index (χ2v) is 20.1. The molecular formula is C60H50F3N15O5.